The van der Waals surface area contributed by atoms with Gasteiger partial charge in [-0.3, -0.25) is 14.5 Å². The molecule has 4 nitrogen and oxygen atoms in total. The van der Waals surface area contributed by atoms with E-state index in [9.17, 15) is 9.59 Å². The smallest absolute Gasteiger partial charge is 0.303 e. The lowest BCUT2D eigenvalue weighted by Gasteiger charge is -2.13. The summed E-state index contributed by atoms with van der Waals surface area (Å²) in [5, 5.41) is 8.79. The molecule has 0 atom stereocenters. The first-order chi connectivity index (χ1) is 13.5. The quantitative estimate of drug-likeness (QED) is 0.286. The number of aliphatic carboxylic acids is 1. The fourth-order valence-electron chi connectivity index (χ4n) is 2.95. The average molecular weight is 418 g/mol. The van der Waals surface area contributed by atoms with Crippen LogP contribution in [0, 0.1) is 0 Å². The molecule has 1 amide bonds. The minimum atomic E-state index is -0.860. The largest absolute Gasteiger partial charge is 0.481 e. The maximum atomic E-state index is 12.7. The molecule has 1 aromatic rings. The Morgan fingerprint density at radius 1 is 1.14 bits per heavy atom. The van der Waals surface area contributed by atoms with Crippen LogP contribution in [0.4, 0.5) is 0 Å². The van der Waals surface area contributed by atoms with E-state index in [-0.39, 0.29) is 12.3 Å². The highest BCUT2D eigenvalue weighted by Gasteiger charge is 2.31. The summed E-state index contributed by atoms with van der Waals surface area (Å²) in [7, 11) is 0. The molecule has 1 N–H and O–H groups in total. The minimum absolute atomic E-state index is 0.0344. The minimum Gasteiger partial charge on any atom is -0.481 e. The summed E-state index contributed by atoms with van der Waals surface area (Å²) in [6.45, 7) is 2.54. The van der Waals surface area contributed by atoms with Gasteiger partial charge in [-0.1, -0.05) is 86.6 Å². The van der Waals surface area contributed by atoms with Crippen molar-refractivity contribution in [1.82, 2.24) is 4.90 Å². The molecule has 1 aliphatic rings. The Morgan fingerprint density at radius 3 is 2.57 bits per heavy atom. The molecule has 0 aliphatic carbocycles. The number of thioether (sulfide) groups is 1. The number of carboxylic acid groups (broad SMARTS) is 1. The van der Waals surface area contributed by atoms with Crippen molar-refractivity contribution in [2.45, 2.75) is 51.9 Å². The number of carboxylic acids is 1. The maximum Gasteiger partial charge on any atom is 0.303 e. The number of benzene rings is 1. The van der Waals surface area contributed by atoms with Crippen LogP contribution in [0.25, 0.3) is 6.08 Å². The fraction of sp³-hybridized carbons (Fsp3) is 0.409. The van der Waals surface area contributed by atoms with Crippen molar-refractivity contribution in [3.05, 3.63) is 52.4 Å². The highest BCUT2D eigenvalue weighted by atomic mass is 32.2. The number of amides is 1. The summed E-state index contributed by atoms with van der Waals surface area (Å²) < 4.78 is 0.506. The van der Waals surface area contributed by atoms with Crippen molar-refractivity contribution < 1.29 is 14.7 Å². The van der Waals surface area contributed by atoms with E-state index in [1.165, 1.54) is 35.9 Å². The molecule has 0 unspecified atom stereocenters. The van der Waals surface area contributed by atoms with E-state index in [0.29, 0.717) is 22.2 Å². The molecule has 0 bridgehead atoms. The second-order valence-electron chi connectivity index (χ2n) is 6.77. The highest BCUT2D eigenvalue weighted by molar-refractivity contribution is 8.26. The van der Waals surface area contributed by atoms with Gasteiger partial charge in [0.05, 0.1) is 4.91 Å². The Balaban J connectivity index is 2.13. The Labute approximate surface area is 176 Å². The monoisotopic (exact) mass is 417 g/mol. The normalized spacial score (nSPS) is 16.2. The van der Waals surface area contributed by atoms with Crippen LogP contribution in [-0.2, 0) is 9.59 Å². The van der Waals surface area contributed by atoms with Crippen molar-refractivity contribution in [3.8, 4) is 0 Å². The predicted octanol–water partition coefficient (Wildman–Crippen LogP) is 5.65. The SMILES string of the molecule is CCCCCCC(/C=C1\SC(=S)N(CCCC(=O)O)C1=O)=C\c1ccccc1. The number of hydrogen-bond donors (Lipinski definition) is 1. The second kappa shape index (κ2) is 11.8. The van der Waals surface area contributed by atoms with Crippen LogP contribution in [0.2, 0.25) is 0 Å². The lowest BCUT2D eigenvalue weighted by atomic mass is 10.0. The van der Waals surface area contributed by atoms with Crippen LogP contribution in [0.15, 0.2) is 46.9 Å². The molecule has 1 aromatic carbocycles. The molecule has 0 saturated carbocycles. The third-order valence-electron chi connectivity index (χ3n) is 4.43. The third-order valence-corrected chi connectivity index (χ3v) is 5.81. The van der Waals surface area contributed by atoms with Crippen LogP contribution in [0.1, 0.15) is 57.4 Å². The summed E-state index contributed by atoms with van der Waals surface area (Å²) in [5.74, 6) is -0.978. The summed E-state index contributed by atoms with van der Waals surface area (Å²) in [4.78, 5) is 25.6. The lowest BCUT2D eigenvalue weighted by molar-refractivity contribution is -0.137. The molecule has 1 saturated heterocycles. The van der Waals surface area contributed by atoms with E-state index in [0.717, 1.165) is 24.0 Å². The molecule has 1 heterocycles. The van der Waals surface area contributed by atoms with Crippen molar-refractivity contribution in [2.75, 3.05) is 6.54 Å². The molecule has 0 spiro atoms. The topological polar surface area (TPSA) is 57.6 Å². The van der Waals surface area contributed by atoms with Gasteiger partial charge in [-0.25, -0.2) is 0 Å². The van der Waals surface area contributed by atoms with E-state index in [2.05, 4.69) is 25.1 Å². The molecular weight excluding hydrogens is 390 g/mol. The molecule has 2 rings (SSSR count). The number of unbranched alkanes of at least 4 members (excludes halogenated alkanes) is 3. The van der Waals surface area contributed by atoms with Gasteiger partial charge in [-0.05, 0) is 36.5 Å². The van der Waals surface area contributed by atoms with Crippen molar-refractivity contribution in [3.63, 3.8) is 0 Å². The van der Waals surface area contributed by atoms with Crippen LogP contribution < -0.4 is 0 Å². The van der Waals surface area contributed by atoms with E-state index < -0.39 is 5.97 Å². The van der Waals surface area contributed by atoms with Gasteiger partial charge in [0.1, 0.15) is 4.32 Å². The number of allylic oxidation sites excluding steroid dienone is 2. The first kappa shape index (κ1) is 22.4. The van der Waals surface area contributed by atoms with Gasteiger partial charge in [-0.2, -0.15) is 0 Å². The Morgan fingerprint density at radius 2 is 1.89 bits per heavy atom. The van der Waals surface area contributed by atoms with Crippen LogP contribution in [-0.4, -0.2) is 32.7 Å². The van der Waals surface area contributed by atoms with Gasteiger partial charge in [0.25, 0.3) is 5.91 Å². The second-order valence-corrected chi connectivity index (χ2v) is 8.45. The van der Waals surface area contributed by atoms with Crippen LogP contribution >= 0.6 is 24.0 Å². The van der Waals surface area contributed by atoms with Crippen LogP contribution in [0.5, 0.6) is 0 Å². The van der Waals surface area contributed by atoms with Crippen molar-refractivity contribution in [1.29, 1.82) is 0 Å². The molecule has 1 aliphatic heterocycles. The van der Waals surface area contributed by atoms with Gasteiger partial charge in [0.2, 0.25) is 0 Å². The number of carbonyl (C=O) groups excluding carboxylic acids is 1. The van der Waals surface area contributed by atoms with Crippen molar-refractivity contribution in [2.24, 2.45) is 0 Å². The molecule has 0 radical (unpaired) electrons. The summed E-state index contributed by atoms with van der Waals surface area (Å²) >= 11 is 6.64. The molecule has 1 fully saturated rings. The molecular formula is C22H27NO3S2. The predicted molar refractivity (Wildman–Crippen MR) is 120 cm³/mol. The first-order valence-electron chi connectivity index (χ1n) is 9.74. The summed E-state index contributed by atoms with van der Waals surface area (Å²) in [5.41, 5.74) is 2.23. The number of hydrogen-bond acceptors (Lipinski definition) is 4. The highest BCUT2D eigenvalue weighted by Crippen LogP contribution is 2.33. The molecule has 6 heteroatoms. The zero-order valence-electron chi connectivity index (χ0n) is 16.2. The van der Waals surface area contributed by atoms with Gasteiger partial charge in [0, 0.05) is 13.0 Å². The zero-order valence-corrected chi connectivity index (χ0v) is 17.9. The number of rotatable bonds is 11. The van der Waals surface area contributed by atoms with Gasteiger partial charge < -0.3 is 5.11 Å². The number of nitrogens with zero attached hydrogens (tertiary/aromatic N) is 1. The third kappa shape index (κ3) is 7.24. The lowest BCUT2D eigenvalue weighted by Crippen LogP contribution is -2.29. The van der Waals surface area contributed by atoms with E-state index in [1.807, 2.05) is 24.3 Å². The zero-order chi connectivity index (χ0) is 20.4. The first-order valence-corrected chi connectivity index (χ1v) is 11.0. The number of carbonyl (C=O) groups is 2. The van der Waals surface area contributed by atoms with Gasteiger partial charge in [0.15, 0.2) is 0 Å². The van der Waals surface area contributed by atoms with E-state index in [4.69, 9.17) is 17.3 Å². The Kier molecular flexibility index (Phi) is 9.44. The van der Waals surface area contributed by atoms with Gasteiger partial charge >= 0.3 is 5.97 Å². The Bertz CT molecular complexity index is 756. The fourth-order valence-corrected chi connectivity index (χ4v) is 4.28. The maximum absolute atomic E-state index is 12.7. The molecule has 0 aromatic heterocycles. The Hall–Kier alpha value is -1.92. The van der Waals surface area contributed by atoms with Crippen molar-refractivity contribution >= 4 is 46.3 Å². The van der Waals surface area contributed by atoms with Gasteiger partial charge in [-0.15, -0.1) is 0 Å². The molecule has 28 heavy (non-hydrogen) atoms. The summed E-state index contributed by atoms with van der Waals surface area (Å²) in [6.07, 6.45) is 10.1. The van der Waals surface area contributed by atoms with Crippen LogP contribution in [0.3, 0.4) is 0 Å². The summed E-state index contributed by atoms with van der Waals surface area (Å²) in [6, 6.07) is 10.1. The standard InChI is InChI=1S/C22H27NO3S2/c1-2-3-4-6-12-18(15-17-10-7-5-8-11-17)16-19-21(26)23(22(27)28-19)14-9-13-20(24)25/h5,7-8,10-11,15-16H,2-4,6,9,12-14H2,1H3,(H,24,25)/b18-15+,19-16-. The van der Waals surface area contributed by atoms with E-state index >= 15 is 0 Å². The molecule has 150 valence electrons. The van der Waals surface area contributed by atoms with E-state index in [1.54, 1.807) is 0 Å². The number of thiocarbonyl (C=S) groups is 1. The average Bonchev–Trinajstić information content (AvgIpc) is 2.93.